The Labute approximate surface area is 95.5 Å². The Hall–Kier alpha value is -1.27. The maximum Gasteiger partial charge on any atom is 0.0474 e. The van der Waals surface area contributed by atoms with Gasteiger partial charge in [0, 0.05) is 5.88 Å². The van der Waals surface area contributed by atoms with Gasteiger partial charge in [-0.3, -0.25) is 0 Å². The van der Waals surface area contributed by atoms with Gasteiger partial charge in [0.05, 0.1) is 0 Å². The van der Waals surface area contributed by atoms with E-state index in [9.17, 15) is 0 Å². The van der Waals surface area contributed by atoms with Crippen LogP contribution in [-0.4, -0.2) is 0 Å². The van der Waals surface area contributed by atoms with E-state index in [0.29, 0.717) is 5.88 Å². The Balaban J connectivity index is 2.40. The van der Waals surface area contributed by atoms with Gasteiger partial charge in [0.1, 0.15) is 0 Å². The molecule has 0 spiro atoms. The SMILES string of the molecule is Cc1ccc(-c2cccc(CCl)c2)cc1. The largest absolute Gasteiger partial charge is 0.122 e. The molecule has 0 aliphatic heterocycles. The summed E-state index contributed by atoms with van der Waals surface area (Å²) in [7, 11) is 0. The first-order valence-corrected chi connectivity index (χ1v) is 5.55. The van der Waals surface area contributed by atoms with Gasteiger partial charge in [0.25, 0.3) is 0 Å². The summed E-state index contributed by atoms with van der Waals surface area (Å²) in [6.07, 6.45) is 0. The molecule has 0 atom stereocenters. The Kier molecular flexibility index (Phi) is 3.08. The number of benzene rings is 2. The molecule has 15 heavy (non-hydrogen) atoms. The summed E-state index contributed by atoms with van der Waals surface area (Å²) in [5.74, 6) is 0.569. The molecule has 1 heteroatoms. The Morgan fingerprint density at radius 2 is 1.67 bits per heavy atom. The summed E-state index contributed by atoms with van der Waals surface area (Å²) < 4.78 is 0. The molecule has 0 amide bonds. The fourth-order valence-corrected chi connectivity index (χ4v) is 1.75. The maximum atomic E-state index is 5.81. The van der Waals surface area contributed by atoms with E-state index in [-0.39, 0.29) is 0 Å². The lowest BCUT2D eigenvalue weighted by Gasteiger charge is -2.03. The second kappa shape index (κ2) is 4.50. The molecule has 76 valence electrons. The lowest BCUT2D eigenvalue weighted by atomic mass is 10.0. The summed E-state index contributed by atoms with van der Waals surface area (Å²) in [6, 6.07) is 16.9. The third kappa shape index (κ3) is 2.40. The Bertz CT molecular complexity index is 443. The first-order valence-electron chi connectivity index (χ1n) is 5.01. The van der Waals surface area contributed by atoms with E-state index in [1.54, 1.807) is 0 Å². The highest BCUT2D eigenvalue weighted by Gasteiger charge is 1.98. The molecular formula is C14H13Cl. The highest BCUT2D eigenvalue weighted by atomic mass is 35.5. The monoisotopic (exact) mass is 216 g/mol. The van der Waals surface area contributed by atoms with Crippen LogP contribution in [0.2, 0.25) is 0 Å². The van der Waals surface area contributed by atoms with Crippen LogP contribution in [0.4, 0.5) is 0 Å². The number of hydrogen-bond acceptors (Lipinski definition) is 0. The zero-order chi connectivity index (χ0) is 10.7. The minimum atomic E-state index is 0.569. The van der Waals surface area contributed by atoms with E-state index < -0.39 is 0 Å². The van der Waals surface area contributed by atoms with Crippen molar-refractivity contribution in [3.05, 3.63) is 59.7 Å². The molecule has 0 heterocycles. The van der Waals surface area contributed by atoms with Gasteiger partial charge in [-0.15, -0.1) is 11.6 Å². The molecule has 0 bridgehead atoms. The first-order chi connectivity index (χ1) is 7.29. The standard InChI is InChI=1S/C14H13Cl/c1-11-5-7-13(8-6-11)14-4-2-3-12(9-14)10-15/h2-9H,10H2,1H3. The van der Waals surface area contributed by atoms with Gasteiger partial charge < -0.3 is 0 Å². The topological polar surface area (TPSA) is 0 Å². The summed E-state index contributed by atoms with van der Waals surface area (Å²) in [6.45, 7) is 2.10. The van der Waals surface area contributed by atoms with E-state index in [1.165, 1.54) is 16.7 Å². The van der Waals surface area contributed by atoms with E-state index in [1.807, 2.05) is 12.1 Å². The third-order valence-electron chi connectivity index (χ3n) is 2.47. The molecule has 0 radical (unpaired) electrons. The number of rotatable bonds is 2. The van der Waals surface area contributed by atoms with Gasteiger partial charge in [0.15, 0.2) is 0 Å². The molecule has 0 unspecified atom stereocenters. The van der Waals surface area contributed by atoms with Crippen LogP contribution < -0.4 is 0 Å². The number of halogens is 1. The zero-order valence-corrected chi connectivity index (χ0v) is 9.46. The minimum Gasteiger partial charge on any atom is -0.122 e. The minimum absolute atomic E-state index is 0.569. The summed E-state index contributed by atoms with van der Waals surface area (Å²) in [4.78, 5) is 0. The van der Waals surface area contributed by atoms with Crippen LogP contribution >= 0.6 is 11.6 Å². The molecule has 0 aliphatic carbocycles. The molecule has 2 rings (SSSR count). The summed E-state index contributed by atoms with van der Waals surface area (Å²) >= 11 is 5.81. The smallest absolute Gasteiger partial charge is 0.0474 e. The van der Waals surface area contributed by atoms with Crippen molar-refractivity contribution in [3.8, 4) is 11.1 Å². The quantitative estimate of drug-likeness (QED) is 0.653. The predicted molar refractivity (Wildman–Crippen MR) is 66.2 cm³/mol. The maximum absolute atomic E-state index is 5.81. The number of alkyl halides is 1. The van der Waals surface area contributed by atoms with Gasteiger partial charge >= 0.3 is 0 Å². The van der Waals surface area contributed by atoms with Crippen LogP contribution in [0.25, 0.3) is 11.1 Å². The van der Waals surface area contributed by atoms with Crippen LogP contribution in [-0.2, 0) is 5.88 Å². The van der Waals surface area contributed by atoms with Crippen LogP contribution in [0, 0.1) is 6.92 Å². The van der Waals surface area contributed by atoms with Crippen molar-refractivity contribution in [3.63, 3.8) is 0 Å². The first kappa shape index (κ1) is 10.3. The van der Waals surface area contributed by atoms with Gasteiger partial charge in [0.2, 0.25) is 0 Å². The van der Waals surface area contributed by atoms with Crippen LogP contribution in [0.3, 0.4) is 0 Å². The van der Waals surface area contributed by atoms with Crippen molar-refractivity contribution < 1.29 is 0 Å². The molecule has 0 fully saturated rings. The fourth-order valence-electron chi connectivity index (χ4n) is 1.58. The van der Waals surface area contributed by atoms with E-state index in [0.717, 1.165) is 5.56 Å². The molecule has 2 aromatic carbocycles. The molecule has 0 aromatic heterocycles. The fraction of sp³-hybridized carbons (Fsp3) is 0.143. The highest BCUT2D eigenvalue weighted by molar-refractivity contribution is 6.17. The van der Waals surface area contributed by atoms with E-state index >= 15 is 0 Å². The van der Waals surface area contributed by atoms with Crippen molar-refractivity contribution in [2.75, 3.05) is 0 Å². The van der Waals surface area contributed by atoms with Crippen molar-refractivity contribution in [1.82, 2.24) is 0 Å². The molecular weight excluding hydrogens is 204 g/mol. The summed E-state index contributed by atoms with van der Waals surface area (Å²) in [5.41, 5.74) is 4.92. The molecule has 0 aliphatic rings. The lowest BCUT2D eigenvalue weighted by Crippen LogP contribution is -1.81. The predicted octanol–water partition coefficient (Wildman–Crippen LogP) is 4.40. The summed E-state index contributed by atoms with van der Waals surface area (Å²) in [5, 5.41) is 0. The van der Waals surface area contributed by atoms with Crippen molar-refractivity contribution in [1.29, 1.82) is 0 Å². The van der Waals surface area contributed by atoms with Gasteiger partial charge in [-0.25, -0.2) is 0 Å². The van der Waals surface area contributed by atoms with Crippen LogP contribution in [0.1, 0.15) is 11.1 Å². The van der Waals surface area contributed by atoms with Crippen LogP contribution in [0.5, 0.6) is 0 Å². The molecule has 2 aromatic rings. The normalized spacial score (nSPS) is 10.3. The van der Waals surface area contributed by atoms with Gasteiger partial charge in [-0.2, -0.15) is 0 Å². The van der Waals surface area contributed by atoms with Crippen molar-refractivity contribution >= 4 is 11.6 Å². The molecule has 0 saturated carbocycles. The van der Waals surface area contributed by atoms with Gasteiger partial charge in [-0.1, -0.05) is 48.0 Å². The second-order valence-electron chi connectivity index (χ2n) is 3.70. The Morgan fingerprint density at radius 1 is 0.933 bits per heavy atom. The van der Waals surface area contributed by atoms with E-state index in [4.69, 9.17) is 11.6 Å². The second-order valence-corrected chi connectivity index (χ2v) is 3.97. The number of aryl methyl sites for hydroxylation is 1. The Morgan fingerprint density at radius 3 is 2.33 bits per heavy atom. The average molecular weight is 217 g/mol. The molecule has 0 saturated heterocycles. The van der Waals surface area contributed by atoms with E-state index in [2.05, 4.69) is 43.3 Å². The molecule has 0 N–H and O–H groups in total. The van der Waals surface area contributed by atoms with Crippen molar-refractivity contribution in [2.24, 2.45) is 0 Å². The number of hydrogen-bond donors (Lipinski definition) is 0. The average Bonchev–Trinajstić information content (AvgIpc) is 2.30. The zero-order valence-electron chi connectivity index (χ0n) is 8.70. The molecule has 0 nitrogen and oxygen atoms in total. The van der Waals surface area contributed by atoms with Gasteiger partial charge in [-0.05, 0) is 29.7 Å². The third-order valence-corrected chi connectivity index (χ3v) is 2.77. The van der Waals surface area contributed by atoms with Crippen LogP contribution in [0.15, 0.2) is 48.5 Å². The highest BCUT2D eigenvalue weighted by Crippen LogP contribution is 2.21. The lowest BCUT2D eigenvalue weighted by molar-refractivity contribution is 1.40. The van der Waals surface area contributed by atoms with Crippen molar-refractivity contribution in [2.45, 2.75) is 12.8 Å².